The third kappa shape index (κ3) is 2.92. The van der Waals surface area contributed by atoms with Crippen LogP contribution >= 0.6 is 0 Å². The first kappa shape index (κ1) is 15.0. The molecule has 2 unspecified atom stereocenters. The molecule has 0 N–H and O–H groups in total. The number of ether oxygens (including phenoxy) is 1. The topological polar surface area (TPSA) is 64.0 Å². The highest BCUT2D eigenvalue weighted by Gasteiger charge is 2.24. The number of benzene rings is 1. The zero-order valence-corrected chi connectivity index (χ0v) is 13.8. The molecule has 3 heterocycles. The molecule has 1 aliphatic heterocycles. The lowest BCUT2D eigenvalue weighted by Crippen LogP contribution is -2.46. The molecule has 6 nitrogen and oxygen atoms in total. The third-order valence-electron chi connectivity index (χ3n) is 4.06. The molecule has 0 aliphatic carbocycles. The van der Waals surface area contributed by atoms with E-state index < -0.39 is 0 Å². The van der Waals surface area contributed by atoms with Crippen LogP contribution < -0.4 is 4.90 Å². The summed E-state index contributed by atoms with van der Waals surface area (Å²) in [7, 11) is 0. The fourth-order valence-electron chi connectivity index (χ4n) is 3.05. The van der Waals surface area contributed by atoms with Crippen LogP contribution in [0, 0.1) is 0 Å². The van der Waals surface area contributed by atoms with Crippen molar-refractivity contribution in [1.82, 2.24) is 19.9 Å². The van der Waals surface area contributed by atoms with Crippen molar-refractivity contribution in [2.45, 2.75) is 26.1 Å². The molecule has 122 valence electrons. The third-order valence-corrected chi connectivity index (χ3v) is 4.06. The fraction of sp³-hybridized carbons (Fsp3) is 0.333. The Balaban J connectivity index is 1.67. The Kier molecular flexibility index (Phi) is 3.82. The Morgan fingerprint density at radius 2 is 1.71 bits per heavy atom. The van der Waals surface area contributed by atoms with Crippen molar-refractivity contribution in [3.8, 4) is 11.3 Å². The highest BCUT2D eigenvalue weighted by molar-refractivity contribution is 5.73. The van der Waals surface area contributed by atoms with Crippen molar-refractivity contribution < 1.29 is 4.74 Å². The molecule has 1 aliphatic rings. The number of aromatic nitrogens is 4. The average molecular weight is 321 g/mol. The minimum absolute atomic E-state index is 0.166. The first-order valence-electron chi connectivity index (χ1n) is 8.14. The molecule has 0 bridgehead atoms. The number of morpholine rings is 1. The summed E-state index contributed by atoms with van der Waals surface area (Å²) in [6, 6.07) is 9.99. The Bertz CT molecular complexity index is 844. The first-order chi connectivity index (χ1) is 11.7. The van der Waals surface area contributed by atoms with Crippen LogP contribution in [-0.2, 0) is 4.74 Å². The number of hydrogen-bond acceptors (Lipinski definition) is 6. The van der Waals surface area contributed by atoms with E-state index in [0.717, 1.165) is 24.3 Å². The van der Waals surface area contributed by atoms with Gasteiger partial charge >= 0.3 is 0 Å². The molecule has 1 saturated heterocycles. The molecule has 1 aromatic carbocycles. The van der Waals surface area contributed by atoms with Crippen molar-refractivity contribution in [3.63, 3.8) is 0 Å². The van der Waals surface area contributed by atoms with Crippen LogP contribution in [0.25, 0.3) is 22.4 Å². The van der Waals surface area contributed by atoms with E-state index in [1.54, 1.807) is 12.4 Å². The second-order valence-corrected chi connectivity index (χ2v) is 6.16. The zero-order chi connectivity index (χ0) is 16.5. The van der Waals surface area contributed by atoms with Crippen LogP contribution in [0.15, 0.2) is 42.7 Å². The van der Waals surface area contributed by atoms with Crippen LogP contribution in [-0.4, -0.2) is 45.2 Å². The van der Waals surface area contributed by atoms with Crippen LogP contribution in [0.5, 0.6) is 0 Å². The predicted molar refractivity (Wildman–Crippen MR) is 92.8 cm³/mol. The summed E-state index contributed by atoms with van der Waals surface area (Å²) in [4.78, 5) is 20.3. The summed E-state index contributed by atoms with van der Waals surface area (Å²) in [5, 5.41) is 0. The fourth-order valence-corrected chi connectivity index (χ4v) is 3.05. The Hall–Kier alpha value is -2.60. The van der Waals surface area contributed by atoms with Crippen molar-refractivity contribution in [2.75, 3.05) is 18.0 Å². The number of fused-ring (bicyclic) bond motifs is 1. The van der Waals surface area contributed by atoms with Gasteiger partial charge in [-0.1, -0.05) is 30.3 Å². The second kappa shape index (κ2) is 6.13. The van der Waals surface area contributed by atoms with E-state index in [1.165, 1.54) is 0 Å². The molecule has 0 amide bonds. The molecular weight excluding hydrogens is 302 g/mol. The zero-order valence-electron chi connectivity index (χ0n) is 13.8. The van der Waals surface area contributed by atoms with Gasteiger partial charge in [0.2, 0.25) is 5.95 Å². The summed E-state index contributed by atoms with van der Waals surface area (Å²) in [6.45, 7) is 5.70. The standard InChI is InChI=1S/C18H19N5O/c1-12-10-23(11-13(2)24-12)18-20-9-16-17(22-18)19-8-15(21-16)14-6-4-3-5-7-14/h3-9,12-13H,10-11H2,1-2H3. The summed E-state index contributed by atoms with van der Waals surface area (Å²) in [5.41, 5.74) is 3.18. The van der Waals surface area contributed by atoms with E-state index >= 15 is 0 Å². The minimum Gasteiger partial charge on any atom is -0.372 e. The molecular formula is C18H19N5O. The predicted octanol–water partition coefficient (Wildman–Crippen LogP) is 2.70. The van der Waals surface area contributed by atoms with E-state index in [4.69, 9.17) is 4.74 Å². The monoisotopic (exact) mass is 321 g/mol. The van der Waals surface area contributed by atoms with E-state index in [-0.39, 0.29) is 12.2 Å². The van der Waals surface area contributed by atoms with Gasteiger partial charge in [0.05, 0.1) is 30.3 Å². The van der Waals surface area contributed by atoms with Gasteiger partial charge in [0.25, 0.3) is 0 Å². The smallest absolute Gasteiger partial charge is 0.227 e. The maximum Gasteiger partial charge on any atom is 0.227 e. The molecule has 6 heteroatoms. The summed E-state index contributed by atoms with van der Waals surface area (Å²) in [6.07, 6.45) is 3.85. The quantitative estimate of drug-likeness (QED) is 0.723. The maximum atomic E-state index is 5.76. The van der Waals surface area contributed by atoms with Crippen LogP contribution in [0.1, 0.15) is 13.8 Å². The van der Waals surface area contributed by atoms with E-state index in [9.17, 15) is 0 Å². The molecule has 0 spiro atoms. The van der Waals surface area contributed by atoms with Crippen molar-refractivity contribution in [3.05, 3.63) is 42.7 Å². The van der Waals surface area contributed by atoms with E-state index in [1.807, 2.05) is 30.3 Å². The lowest BCUT2D eigenvalue weighted by molar-refractivity contribution is -0.00570. The van der Waals surface area contributed by atoms with Crippen LogP contribution in [0.4, 0.5) is 5.95 Å². The van der Waals surface area contributed by atoms with Crippen molar-refractivity contribution in [1.29, 1.82) is 0 Å². The van der Waals surface area contributed by atoms with Gasteiger partial charge in [-0.15, -0.1) is 0 Å². The van der Waals surface area contributed by atoms with E-state index in [0.29, 0.717) is 17.1 Å². The number of nitrogens with zero attached hydrogens (tertiary/aromatic N) is 5. The number of hydrogen-bond donors (Lipinski definition) is 0. The lowest BCUT2D eigenvalue weighted by atomic mass is 10.2. The molecule has 0 radical (unpaired) electrons. The maximum absolute atomic E-state index is 5.76. The number of anilines is 1. The Labute approximate surface area is 140 Å². The molecule has 2 atom stereocenters. The highest BCUT2D eigenvalue weighted by atomic mass is 16.5. The largest absolute Gasteiger partial charge is 0.372 e. The average Bonchev–Trinajstić information content (AvgIpc) is 2.61. The molecule has 4 rings (SSSR count). The summed E-state index contributed by atoms with van der Waals surface area (Å²) >= 11 is 0. The van der Waals surface area contributed by atoms with Gasteiger partial charge < -0.3 is 9.64 Å². The van der Waals surface area contributed by atoms with E-state index in [2.05, 4.69) is 38.7 Å². The Morgan fingerprint density at radius 3 is 2.46 bits per heavy atom. The van der Waals surface area contributed by atoms with Crippen molar-refractivity contribution >= 4 is 17.1 Å². The SMILES string of the molecule is CC1CN(c2ncc3nc(-c4ccccc4)cnc3n2)CC(C)O1. The normalized spacial score (nSPS) is 21.2. The van der Waals surface area contributed by atoms with Gasteiger partial charge in [-0.05, 0) is 13.8 Å². The second-order valence-electron chi connectivity index (χ2n) is 6.16. The van der Waals surface area contributed by atoms with Gasteiger partial charge in [-0.25, -0.2) is 15.0 Å². The minimum atomic E-state index is 0.166. The van der Waals surface area contributed by atoms with Gasteiger partial charge in [0.15, 0.2) is 5.65 Å². The molecule has 2 aromatic heterocycles. The molecule has 3 aromatic rings. The van der Waals surface area contributed by atoms with Crippen LogP contribution in [0.3, 0.4) is 0 Å². The van der Waals surface area contributed by atoms with Gasteiger partial charge in [-0.3, -0.25) is 0 Å². The summed E-state index contributed by atoms with van der Waals surface area (Å²) in [5.74, 6) is 0.686. The number of rotatable bonds is 2. The van der Waals surface area contributed by atoms with Gasteiger partial charge in [0.1, 0.15) is 5.52 Å². The van der Waals surface area contributed by atoms with Crippen molar-refractivity contribution in [2.24, 2.45) is 0 Å². The molecule has 0 saturated carbocycles. The van der Waals surface area contributed by atoms with Gasteiger partial charge in [-0.2, -0.15) is 4.98 Å². The molecule has 1 fully saturated rings. The highest BCUT2D eigenvalue weighted by Crippen LogP contribution is 2.20. The summed E-state index contributed by atoms with van der Waals surface area (Å²) < 4.78 is 5.76. The van der Waals surface area contributed by atoms with Gasteiger partial charge in [0, 0.05) is 18.7 Å². The lowest BCUT2D eigenvalue weighted by Gasteiger charge is -2.35. The first-order valence-corrected chi connectivity index (χ1v) is 8.14. The van der Waals surface area contributed by atoms with Crippen LogP contribution in [0.2, 0.25) is 0 Å². The Morgan fingerprint density at radius 1 is 0.958 bits per heavy atom. The molecule has 24 heavy (non-hydrogen) atoms.